The molecule has 2 rings (SSSR count). The van der Waals surface area contributed by atoms with Gasteiger partial charge in [0.05, 0.1) is 6.04 Å². The van der Waals surface area contributed by atoms with E-state index in [1.807, 2.05) is 56.6 Å². The molecule has 0 saturated heterocycles. The maximum absolute atomic E-state index is 12.6. The standard InChI is InChI=1S/C23H33N3O2/c1-23(2,3)21(18-9-7-6-8-10-18)25-22(28)24-16-19(26(4)5)15-17-11-13-20(27)14-12-17/h6-14,19,21,27H,15-16H2,1-5H3,(H2,24,25,28)/t19-,21+/m0/s1. The van der Waals surface area contributed by atoms with Crippen molar-refractivity contribution < 1.29 is 9.90 Å². The molecule has 0 radical (unpaired) electrons. The Morgan fingerprint density at radius 1 is 1.04 bits per heavy atom. The lowest BCUT2D eigenvalue weighted by molar-refractivity contribution is 0.212. The Labute approximate surface area is 168 Å². The van der Waals surface area contributed by atoms with Gasteiger partial charge in [-0.15, -0.1) is 0 Å². The molecule has 5 heteroatoms. The van der Waals surface area contributed by atoms with Crippen molar-refractivity contribution in [1.82, 2.24) is 15.5 Å². The number of urea groups is 1. The maximum atomic E-state index is 12.6. The Bertz CT molecular complexity index is 737. The summed E-state index contributed by atoms with van der Waals surface area (Å²) < 4.78 is 0. The summed E-state index contributed by atoms with van der Waals surface area (Å²) in [5.74, 6) is 0.261. The topological polar surface area (TPSA) is 64.6 Å². The van der Waals surface area contributed by atoms with E-state index in [4.69, 9.17) is 0 Å². The Balaban J connectivity index is 1.98. The van der Waals surface area contributed by atoms with Crippen molar-refractivity contribution in [3.63, 3.8) is 0 Å². The summed E-state index contributed by atoms with van der Waals surface area (Å²) in [7, 11) is 4.01. The zero-order chi connectivity index (χ0) is 20.7. The van der Waals surface area contributed by atoms with Gasteiger partial charge in [0.2, 0.25) is 0 Å². The van der Waals surface area contributed by atoms with Crippen molar-refractivity contribution in [2.45, 2.75) is 39.3 Å². The molecule has 0 heterocycles. The van der Waals surface area contributed by atoms with Gasteiger partial charge in [-0.05, 0) is 49.2 Å². The molecule has 5 nitrogen and oxygen atoms in total. The SMILES string of the molecule is CN(C)[C@H](CNC(=O)N[C@H](c1ccccc1)C(C)(C)C)Cc1ccc(O)cc1. The van der Waals surface area contributed by atoms with Crippen molar-refractivity contribution in [3.8, 4) is 5.75 Å². The van der Waals surface area contributed by atoms with Crippen LogP contribution in [0.25, 0.3) is 0 Å². The summed E-state index contributed by atoms with van der Waals surface area (Å²) in [6.45, 7) is 6.90. The van der Waals surface area contributed by atoms with Crippen LogP contribution in [0.2, 0.25) is 0 Å². The highest BCUT2D eigenvalue weighted by molar-refractivity contribution is 5.74. The minimum atomic E-state index is -0.165. The number of nitrogens with one attached hydrogen (secondary N) is 2. The summed E-state index contributed by atoms with van der Waals surface area (Å²) in [5.41, 5.74) is 2.11. The summed E-state index contributed by atoms with van der Waals surface area (Å²) in [5, 5.41) is 15.6. The Kier molecular flexibility index (Phi) is 7.46. The largest absolute Gasteiger partial charge is 0.508 e. The van der Waals surface area contributed by atoms with E-state index in [2.05, 4.69) is 36.3 Å². The van der Waals surface area contributed by atoms with Gasteiger partial charge in [0.1, 0.15) is 5.75 Å². The van der Waals surface area contributed by atoms with E-state index < -0.39 is 0 Å². The quantitative estimate of drug-likeness (QED) is 0.678. The number of amides is 2. The van der Waals surface area contributed by atoms with Crippen LogP contribution < -0.4 is 10.6 Å². The molecule has 0 unspecified atom stereocenters. The number of carbonyl (C=O) groups excluding carboxylic acids is 1. The van der Waals surface area contributed by atoms with Crippen molar-refractivity contribution in [1.29, 1.82) is 0 Å². The lowest BCUT2D eigenvalue weighted by Gasteiger charge is -2.32. The highest BCUT2D eigenvalue weighted by Crippen LogP contribution is 2.32. The molecule has 0 aliphatic carbocycles. The molecule has 0 aromatic heterocycles. The molecule has 2 aromatic carbocycles. The number of benzene rings is 2. The van der Waals surface area contributed by atoms with Crippen LogP contribution in [0, 0.1) is 5.41 Å². The molecule has 0 spiro atoms. The second kappa shape index (κ2) is 9.60. The Morgan fingerprint density at radius 3 is 2.18 bits per heavy atom. The smallest absolute Gasteiger partial charge is 0.315 e. The number of aromatic hydroxyl groups is 1. The first-order valence-corrected chi connectivity index (χ1v) is 9.70. The van der Waals surface area contributed by atoms with Crippen LogP contribution in [0.15, 0.2) is 54.6 Å². The fourth-order valence-corrected chi connectivity index (χ4v) is 3.18. The third-order valence-electron chi connectivity index (χ3n) is 4.91. The number of phenolic OH excluding ortho intramolecular Hbond substituents is 1. The van der Waals surface area contributed by atoms with Crippen molar-refractivity contribution in [2.24, 2.45) is 5.41 Å². The molecular weight excluding hydrogens is 350 g/mol. The number of carbonyl (C=O) groups is 1. The molecule has 2 aromatic rings. The summed E-state index contributed by atoms with van der Waals surface area (Å²) in [4.78, 5) is 14.7. The minimum Gasteiger partial charge on any atom is -0.508 e. The molecule has 0 aliphatic heterocycles. The van der Waals surface area contributed by atoms with Gasteiger partial charge in [-0.25, -0.2) is 4.79 Å². The molecule has 2 amide bonds. The third kappa shape index (κ3) is 6.57. The number of hydrogen-bond donors (Lipinski definition) is 3. The van der Waals surface area contributed by atoms with Crippen LogP contribution in [0.1, 0.15) is 37.9 Å². The fraction of sp³-hybridized carbons (Fsp3) is 0.435. The van der Waals surface area contributed by atoms with E-state index in [0.717, 1.165) is 17.5 Å². The lowest BCUT2D eigenvalue weighted by atomic mass is 9.82. The van der Waals surface area contributed by atoms with Crippen LogP contribution in [-0.2, 0) is 6.42 Å². The number of rotatable bonds is 7. The molecule has 0 bridgehead atoms. The van der Waals surface area contributed by atoms with E-state index in [9.17, 15) is 9.90 Å². The van der Waals surface area contributed by atoms with Gasteiger partial charge in [0.25, 0.3) is 0 Å². The number of likely N-dealkylation sites (N-methyl/N-ethyl adjacent to an activating group) is 1. The van der Waals surface area contributed by atoms with Crippen molar-refractivity contribution in [2.75, 3.05) is 20.6 Å². The summed E-state index contributed by atoms with van der Waals surface area (Å²) >= 11 is 0. The predicted octanol–water partition coefficient (Wildman–Crippen LogP) is 3.95. The van der Waals surface area contributed by atoms with E-state index >= 15 is 0 Å². The highest BCUT2D eigenvalue weighted by atomic mass is 16.3. The van der Waals surface area contributed by atoms with Gasteiger partial charge in [0.15, 0.2) is 0 Å². The zero-order valence-corrected chi connectivity index (χ0v) is 17.6. The molecule has 28 heavy (non-hydrogen) atoms. The van der Waals surface area contributed by atoms with Crippen molar-refractivity contribution >= 4 is 6.03 Å². The summed E-state index contributed by atoms with van der Waals surface area (Å²) in [6.07, 6.45) is 0.787. The Morgan fingerprint density at radius 2 is 1.64 bits per heavy atom. The molecule has 0 aliphatic rings. The van der Waals surface area contributed by atoms with Crippen molar-refractivity contribution in [3.05, 3.63) is 65.7 Å². The van der Waals surface area contributed by atoms with E-state index in [-0.39, 0.29) is 29.3 Å². The Hall–Kier alpha value is -2.53. The molecule has 0 saturated carbocycles. The van der Waals surface area contributed by atoms with E-state index in [0.29, 0.717) is 6.54 Å². The van der Waals surface area contributed by atoms with E-state index in [1.165, 1.54) is 0 Å². The van der Waals surface area contributed by atoms with Gasteiger partial charge < -0.3 is 20.6 Å². The van der Waals surface area contributed by atoms with Crippen LogP contribution in [0.3, 0.4) is 0 Å². The monoisotopic (exact) mass is 383 g/mol. The van der Waals surface area contributed by atoms with Crippen LogP contribution in [0.4, 0.5) is 4.79 Å². The third-order valence-corrected chi connectivity index (χ3v) is 4.91. The molecular formula is C23H33N3O2. The molecule has 3 N–H and O–H groups in total. The van der Waals surface area contributed by atoms with Gasteiger partial charge >= 0.3 is 6.03 Å². The second-order valence-corrected chi connectivity index (χ2v) is 8.55. The average molecular weight is 384 g/mol. The molecule has 152 valence electrons. The lowest BCUT2D eigenvalue weighted by Crippen LogP contribution is -2.47. The fourth-order valence-electron chi connectivity index (χ4n) is 3.18. The van der Waals surface area contributed by atoms with Gasteiger partial charge in [-0.3, -0.25) is 0 Å². The van der Waals surface area contributed by atoms with E-state index in [1.54, 1.807) is 12.1 Å². The second-order valence-electron chi connectivity index (χ2n) is 8.55. The van der Waals surface area contributed by atoms with Crippen LogP contribution >= 0.6 is 0 Å². The van der Waals surface area contributed by atoms with Gasteiger partial charge in [-0.2, -0.15) is 0 Å². The van der Waals surface area contributed by atoms with Crippen LogP contribution in [-0.4, -0.2) is 42.7 Å². The first-order chi connectivity index (χ1) is 13.2. The predicted molar refractivity (Wildman–Crippen MR) is 114 cm³/mol. The highest BCUT2D eigenvalue weighted by Gasteiger charge is 2.28. The first kappa shape index (κ1) is 21.8. The number of hydrogen-bond acceptors (Lipinski definition) is 3. The minimum absolute atomic E-state index is 0.0800. The van der Waals surface area contributed by atoms with Crippen LogP contribution in [0.5, 0.6) is 5.75 Å². The number of nitrogens with zero attached hydrogens (tertiary/aromatic N) is 1. The normalized spacial score (nSPS) is 13.8. The summed E-state index contributed by atoms with van der Waals surface area (Å²) in [6, 6.07) is 17.2. The molecule has 2 atom stereocenters. The first-order valence-electron chi connectivity index (χ1n) is 9.70. The number of phenols is 1. The van der Waals surface area contributed by atoms with Gasteiger partial charge in [-0.1, -0.05) is 63.2 Å². The maximum Gasteiger partial charge on any atom is 0.315 e. The average Bonchev–Trinajstić information content (AvgIpc) is 2.64. The zero-order valence-electron chi connectivity index (χ0n) is 17.6. The molecule has 0 fully saturated rings. The van der Waals surface area contributed by atoms with Gasteiger partial charge in [0, 0.05) is 12.6 Å².